The lowest BCUT2D eigenvalue weighted by molar-refractivity contribution is 0.101. The summed E-state index contributed by atoms with van der Waals surface area (Å²) in [5.41, 5.74) is 1.41. The number of benzene rings is 1. The van der Waals surface area contributed by atoms with Crippen molar-refractivity contribution in [1.29, 1.82) is 5.26 Å². The van der Waals surface area contributed by atoms with Gasteiger partial charge >= 0.3 is 0 Å². The van der Waals surface area contributed by atoms with E-state index in [1.807, 2.05) is 6.92 Å². The molecule has 1 atom stereocenters. The molecular formula is C16H20ClNO2. The smallest absolute Gasteiger partial charge is 0.161 e. The molecule has 0 fully saturated rings. The summed E-state index contributed by atoms with van der Waals surface area (Å²) in [6, 6.07) is 5.62. The molecule has 1 aromatic carbocycles. The molecule has 108 valence electrons. The molecule has 0 aromatic heterocycles. The van der Waals surface area contributed by atoms with Crippen molar-refractivity contribution in [3.8, 4) is 11.8 Å². The Hall–Kier alpha value is -1.53. The Morgan fingerprint density at radius 2 is 2.20 bits per heavy atom. The third-order valence-electron chi connectivity index (χ3n) is 3.07. The maximum absolute atomic E-state index is 11.5. The number of hydrogen-bond acceptors (Lipinski definition) is 3. The van der Waals surface area contributed by atoms with Crippen LogP contribution in [0.1, 0.15) is 56.0 Å². The highest BCUT2D eigenvalue weighted by atomic mass is 35.5. The van der Waals surface area contributed by atoms with Gasteiger partial charge in [0.05, 0.1) is 17.2 Å². The standard InChI is InChI=1S/C16H20ClNO2/c1-4-6-14-15(20-11(2)7-5-10-18)9-8-13(12(3)19)16(14)17/h8-9,11H,4-7H2,1-3H3. The van der Waals surface area contributed by atoms with Crippen molar-refractivity contribution in [3.63, 3.8) is 0 Å². The third kappa shape index (κ3) is 4.25. The van der Waals surface area contributed by atoms with Gasteiger partial charge in [0.1, 0.15) is 5.75 Å². The van der Waals surface area contributed by atoms with Crippen molar-refractivity contribution in [1.82, 2.24) is 0 Å². The van der Waals surface area contributed by atoms with E-state index in [0.29, 0.717) is 29.2 Å². The molecule has 1 unspecified atom stereocenters. The van der Waals surface area contributed by atoms with Crippen LogP contribution in [0, 0.1) is 11.3 Å². The Labute approximate surface area is 125 Å². The summed E-state index contributed by atoms with van der Waals surface area (Å²) in [5, 5.41) is 9.09. The second-order valence-electron chi connectivity index (χ2n) is 4.84. The van der Waals surface area contributed by atoms with Gasteiger partial charge in [-0.1, -0.05) is 24.9 Å². The number of nitriles is 1. The Balaban J connectivity index is 3.04. The SMILES string of the molecule is CCCc1c(OC(C)CCC#N)ccc(C(C)=O)c1Cl. The van der Waals surface area contributed by atoms with Crippen LogP contribution < -0.4 is 4.74 Å². The molecule has 0 saturated heterocycles. The van der Waals surface area contributed by atoms with E-state index in [1.54, 1.807) is 12.1 Å². The van der Waals surface area contributed by atoms with Gasteiger partial charge in [-0.3, -0.25) is 4.79 Å². The molecule has 0 heterocycles. The normalized spacial score (nSPS) is 11.8. The maximum Gasteiger partial charge on any atom is 0.161 e. The van der Waals surface area contributed by atoms with Crippen LogP contribution in [0.2, 0.25) is 5.02 Å². The number of hydrogen-bond donors (Lipinski definition) is 0. The molecule has 0 N–H and O–H groups in total. The van der Waals surface area contributed by atoms with E-state index >= 15 is 0 Å². The first-order chi connectivity index (χ1) is 9.51. The second kappa shape index (κ2) is 7.91. The van der Waals surface area contributed by atoms with E-state index in [9.17, 15) is 4.79 Å². The molecule has 4 heteroatoms. The van der Waals surface area contributed by atoms with E-state index in [4.69, 9.17) is 21.6 Å². The number of nitrogens with zero attached hydrogens (tertiary/aromatic N) is 1. The summed E-state index contributed by atoms with van der Waals surface area (Å²) >= 11 is 6.32. The van der Waals surface area contributed by atoms with E-state index in [-0.39, 0.29) is 11.9 Å². The third-order valence-corrected chi connectivity index (χ3v) is 3.50. The minimum atomic E-state index is -0.0514. The lowest BCUT2D eigenvalue weighted by atomic mass is 10.0. The zero-order valence-electron chi connectivity index (χ0n) is 12.2. The average Bonchev–Trinajstić information content (AvgIpc) is 2.40. The van der Waals surface area contributed by atoms with Gasteiger partial charge in [-0.2, -0.15) is 5.26 Å². The molecule has 0 saturated carbocycles. The highest BCUT2D eigenvalue weighted by Crippen LogP contribution is 2.32. The number of carbonyl (C=O) groups excluding carboxylic acids is 1. The molecule has 3 nitrogen and oxygen atoms in total. The number of carbonyl (C=O) groups is 1. The van der Waals surface area contributed by atoms with Crippen LogP contribution in [0.3, 0.4) is 0 Å². The Morgan fingerprint density at radius 1 is 1.50 bits per heavy atom. The fourth-order valence-corrected chi connectivity index (χ4v) is 2.40. The van der Waals surface area contributed by atoms with Crippen molar-refractivity contribution < 1.29 is 9.53 Å². The monoisotopic (exact) mass is 293 g/mol. The number of Topliss-reactive ketones (excluding diaryl/α,β-unsaturated/α-hetero) is 1. The molecule has 0 spiro atoms. The first-order valence-electron chi connectivity index (χ1n) is 6.87. The summed E-state index contributed by atoms with van der Waals surface area (Å²) < 4.78 is 5.87. The molecule has 0 bridgehead atoms. The first kappa shape index (κ1) is 16.5. The number of halogens is 1. The van der Waals surface area contributed by atoms with Gasteiger partial charge in [-0.15, -0.1) is 0 Å². The summed E-state index contributed by atoms with van der Waals surface area (Å²) in [5.74, 6) is 0.670. The molecule has 0 aliphatic rings. The van der Waals surface area contributed by atoms with E-state index in [0.717, 1.165) is 18.4 Å². The van der Waals surface area contributed by atoms with Crippen LogP contribution in [0.15, 0.2) is 12.1 Å². The summed E-state index contributed by atoms with van der Waals surface area (Å²) in [4.78, 5) is 11.5. The lowest BCUT2D eigenvalue weighted by Crippen LogP contribution is -2.13. The molecule has 1 rings (SSSR count). The Kier molecular flexibility index (Phi) is 6.54. The van der Waals surface area contributed by atoms with Gasteiger partial charge in [-0.25, -0.2) is 0 Å². The molecule has 1 aromatic rings. The second-order valence-corrected chi connectivity index (χ2v) is 5.21. The largest absolute Gasteiger partial charge is 0.490 e. The van der Waals surface area contributed by atoms with Crippen molar-refractivity contribution in [3.05, 3.63) is 28.3 Å². The fourth-order valence-electron chi connectivity index (χ4n) is 2.01. The van der Waals surface area contributed by atoms with Crippen LogP contribution in [-0.4, -0.2) is 11.9 Å². The van der Waals surface area contributed by atoms with Crippen molar-refractivity contribution in [2.24, 2.45) is 0 Å². The highest BCUT2D eigenvalue weighted by molar-refractivity contribution is 6.34. The summed E-state index contributed by atoms with van der Waals surface area (Å²) in [7, 11) is 0. The predicted molar refractivity (Wildman–Crippen MR) is 80.4 cm³/mol. The maximum atomic E-state index is 11.5. The van der Waals surface area contributed by atoms with Crippen LogP contribution in [0.4, 0.5) is 0 Å². The average molecular weight is 294 g/mol. The number of rotatable bonds is 7. The molecular weight excluding hydrogens is 274 g/mol. The Bertz CT molecular complexity index is 520. The zero-order chi connectivity index (χ0) is 15.1. The van der Waals surface area contributed by atoms with Crippen molar-refractivity contribution in [2.75, 3.05) is 0 Å². The van der Waals surface area contributed by atoms with E-state index in [1.165, 1.54) is 6.92 Å². The van der Waals surface area contributed by atoms with Crippen LogP contribution in [0.5, 0.6) is 5.75 Å². The van der Waals surface area contributed by atoms with Crippen LogP contribution in [0.25, 0.3) is 0 Å². The van der Waals surface area contributed by atoms with Crippen LogP contribution in [-0.2, 0) is 6.42 Å². The topological polar surface area (TPSA) is 50.1 Å². The quantitative estimate of drug-likeness (QED) is 0.692. The minimum Gasteiger partial charge on any atom is -0.490 e. The van der Waals surface area contributed by atoms with Gasteiger partial charge in [0.25, 0.3) is 0 Å². The van der Waals surface area contributed by atoms with E-state index in [2.05, 4.69) is 13.0 Å². The lowest BCUT2D eigenvalue weighted by Gasteiger charge is -2.18. The summed E-state index contributed by atoms with van der Waals surface area (Å²) in [6.07, 6.45) is 2.77. The highest BCUT2D eigenvalue weighted by Gasteiger charge is 2.16. The van der Waals surface area contributed by atoms with Gasteiger partial charge in [-0.05, 0) is 38.8 Å². The van der Waals surface area contributed by atoms with Gasteiger partial charge in [0.2, 0.25) is 0 Å². The first-order valence-corrected chi connectivity index (χ1v) is 7.24. The zero-order valence-corrected chi connectivity index (χ0v) is 13.0. The molecule has 0 radical (unpaired) electrons. The van der Waals surface area contributed by atoms with Gasteiger partial charge in [0, 0.05) is 17.5 Å². The van der Waals surface area contributed by atoms with E-state index < -0.39 is 0 Å². The number of ketones is 1. The molecule has 0 amide bonds. The number of ether oxygens (including phenoxy) is 1. The molecule has 20 heavy (non-hydrogen) atoms. The van der Waals surface area contributed by atoms with Crippen LogP contribution >= 0.6 is 11.6 Å². The van der Waals surface area contributed by atoms with Crippen molar-refractivity contribution in [2.45, 2.75) is 52.6 Å². The predicted octanol–water partition coefficient (Wildman–Crippen LogP) is 4.57. The molecule has 0 aliphatic carbocycles. The Morgan fingerprint density at radius 3 is 2.75 bits per heavy atom. The fraction of sp³-hybridized carbons (Fsp3) is 0.500. The molecule has 0 aliphatic heterocycles. The minimum absolute atomic E-state index is 0.0450. The van der Waals surface area contributed by atoms with Gasteiger partial charge < -0.3 is 4.74 Å². The summed E-state index contributed by atoms with van der Waals surface area (Å²) in [6.45, 7) is 5.49. The van der Waals surface area contributed by atoms with Crippen molar-refractivity contribution >= 4 is 17.4 Å². The van der Waals surface area contributed by atoms with Gasteiger partial charge in [0.15, 0.2) is 5.78 Å².